The van der Waals surface area contributed by atoms with Gasteiger partial charge >= 0.3 is 0 Å². The Hall–Kier alpha value is -2.36. The molecule has 2 aromatic rings. The van der Waals surface area contributed by atoms with Gasteiger partial charge in [0, 0.05) is 38.3 Å². The second-order valence-electron chi connectivity index (χ2n) is 7.14. The third-order valence-corrected chi connectivity index (χ3v) is 5.51. The molecule has 130 valence electrons. The zero-order chi connectivity index (χ0) is 17.2. The fourth-order valence-electron chi connectivity index (χ4n) is 4.09. The molecule has 1 amide bonds. The predicted octanol–water partition coefficient (Wildman–Crippen LogP) is 3.16. The van der Waals surface area contributed by atoms with Crippen LogP contribution in [0, 0.1) is 6.92 Å². The van der Waals surface area contributed by atoms with Gasteiger partial charge in [-0.1, -0.05) is 30.3 Å². The van der Waals surface area contributed by atoms with Gasteiger partial charge in [0.2, 0.25) is 5.91 Å². The van der Waals surface area contributed by atoms with Crippen molar-refractivity contribution in [3.05, 3.63) is 59.3 Å². The number of hydrogen-bond donors (Lipinski definition) is 0. The van der Waals surface area contributed by atoms with E-state index in [0.29, 0.717) is 18.2 Å². The van der Waals surface area contributed by atoms with Crippen molar-refractivity contribution in [3.63, 3.8) is 0 Å². The lowest BCUT2D eigenvalue weighted by Gasteiger charge is -2.36. The maximum Gasteiger partial charge on any atom is 0.223 e. The average Bonchev–Trinajstić information content (AvgIpc) is 3.05. The molecule has 4 rings (SSSR count). The number of benzene rings is 1. The van der Waals surface area contributed by atoms with E-state index in [9.17, 15) is 4.79 Å². The summed E-state index contributed by atoms with van der Waals surface area (Å²) in [6, 6.07) is 14.7. The molecule has 1 aliphatic carbocycles. The van der Waals surface area contributed by atoms with E-state index < -0.39 is 0 Å². The second kappa shape index (κ2) is 6.87. The van der Waals surface area contributed by atoms with Crippen LogP contribution >= 0.6 is 0 Å². The van der Waals surface area contributed by atoms with E-state index in [1.165, 1.54) is 11.1 Å². The number of pyridine rings is 1. The first-order chi connectivity index (χ1) is 12.2. The highest BCUT2D eigenvalue weighted by atomic mass is 16.2. The zero-order valence-corrected chi connectivity index (χ0v) is 14.8. The van der Waals surface area contributed by atoms with Crippen molar-refractivity contribution in [1.29, 1.82) is 0 Å². The number of aryl methyl sites for hydroxylation is 2. The minimum atomic E-state index is 0.304. The van der Waals surface area contributed by atoms with Gasteiger partial charge in [0.05, 0.1) is 0 Å². The molecule has 1 aromatic heterocycles. The summed E-state index contributed by atoms with van der Waals surface area (Å²) in [5.41, 5.74) is 3.85. The fraction of sp³-hybridized carbons (Fsp3) is 0.429. The quantitative estimate of drug-likeness (QED) is 0.864. The number of fused-ring (bicyclic) bond motifs is 1. The maximum absolute atomic E-state index is 12.8. The molecule has 1 saturated heterocycles. The number of carbonyl (C=O) groups excluding carboxylic acids is 1. The molecule has 1 fully saturated rings. The number of aromatic nitrogens is 1. The van der Waals surface area contributed by atoms with Crippen LogP contribution < -0.4 is 4.90 Å². The Morgan fingerprint density at radius 1 is 1.08 bits per heavy atom. The normalized spacial score (nSPS) is 19.8. The van der Waals surface area contributed by atoms with Crippen LogP contribution in [0.25, 0.3) is 0 Å². The highest BCUT2D eigenvalue weighted by Gasteiger charge is 2.28. The highest BCUT2D eigenvalue weighted by Crippen LogP contribution is 2.35. The summed E-state index contributed by atoms with van der Waals surface area (Å²) >= 11 is 0. The number of piperazine rings is 1. The van der Waals surface area contributed by atoms with E-state index >= 15 is 0 Å². The number of nitrogens with zero attached hydrogens (tertiary/aromatic N) is 3. The van der Waals surface area contributed by atoms with Crippen molar-refractivity contribution in [2.24, 2.45) is 0 Å². The van der Waals surface area contributed by atoms with Crippen LogP contribution in [-0.4, -0.2) is 42.0 Å². The van der Waals surface area contributed by atoms with Crippen LogP contribution in [0.2, 0.25) is 0 Å². The Bertz CT molecular complexity index is 765. The van der Waals surface area contributed by atoms with Crippen molar-refractivity contribution in [1.82, 2.24) is 9.88 Å². The topological polar surface area (TPSA) is 36.4 Å². The van der Waals surface area contributed by atoms with Gasteiger partial charge in [0.1, 0.15) is 5.82 Å². The van der Waals surface area contributed by atoms with Crippen molar-refractivity contribution < 1.29 is 4.79 Å². The second-order valence-corrected chi connectivity index (χ2v) is 7.14. The van der Waals surface area contributed by atoms with Gasteiger partial charge in [0.25, 0.3) is 0 Å². The average molecular weight is 335 g/mol. The smallest absolute Gasteiger partial charge is 0.223 e. The lowest BCUT2D eigenvalue weighted by atomic mass is 9.97. The van der Waals surface area contributed by atoms with Crippen LogP contribution in [0.4, 0.5) is 5.82 Å². The molecule has 0 radical (unpaired) electrons. The van der Waals surface area contributed by atoms with Crippen LogP contribution in [0.3, 0.4) is 0 Å². The Kier molecular flexibility index (Phi) is 4.43. The molecule has 0 unspecified atom stereocenters. The predicted molar refractivity (Wildman–Crippen MR) is 99.9 cm³/mol. The maximum atomic E-state index is 12.8. The van der Waals surface area contributed by atoms with E-state index in [1.54, 1.807) is 0 Å². The van der Waals surface area contributed by atoms with Gasteiger partial charge in [-0.15, -0.1) is 0 Å². The van der Waals surface area contributed by atoms with Crippen molar-refractivity contribution >= 4 is 11.7 Å². The Morgan fingerprint density at radius 2 is 1.88 bits per heavy atom. The molecular formula is C21H25N3O. The summed E-state index contributed by atoms with van der Waals surface area (Å²) in [5.74, 6) is 1.73. The molecule has 0 spiro atoms. The van der Waals surface area contributed by atoms with Crippen LogP contribution in [0.1, 0.15) is 35.6 Å². The Morgan fingerprint density at radius 3 is 2.68 bits per heavy atom. The number of amides is 1. The minimum absolute atomic E-state index is 0.304. The van der Waals surface area contributed by atoms with E-state index in [2.05, 4.69) is 40.2 Å². The summed E-state index contributed by atoms with van der Waals surface area (Å²) in [5, 5.41) is 0. The summed E-state index contributed by atoms with van der Waals surface area (Å²) in [7, 11) is 0. The molecule has 1 aliphatic heterocycles. The number of anilines is 1. The van der Waals surface area contributed by atoms with Crippen molar-refractivity contribution in [2.75, 3.05) is 31.1 Å². The largest absolute Gasteiger partial charge is 0.353 e. The summed E-state index contributed by atoms with van der Waals surface area (Å²) in [6.45, 7) is 5.33. The summed E-state index contributed by atoms with van der Waals surface area (Å²) in [4.78, 5) is 21.7. The third-order valence-electron chi connectivity index (χ3n) is 5.51. The molecular weight excluding hydrogens is 310 g/mol. The highest BCUT2D eigenvalue weighted by molar-refractivity contribution is 5.77. The molecule has 0 N–H and O–H groups in total. The monoisotopic (exact) mass is 335 g/mol. The first kappa shape index (κ1) is 16.1. The Labute approximate surface area is 149 Å². The molecule has 1 atom stereocenters. The first-order valence-electron chi connectivity index (χ1n) is 9.25. The third kappa shape index (κ3) is 3.39. The van der Waals surface area contributed by atoms with Gasteiger partial charge < -0.3 is 9.80 Å². The van der Waals surface area contributed by atoms with Crippen LogP contribution in [-0.2, 0) is 11.2 Å². The molecule has 2 heterocycles. The van der Waals surface area contributed by atoms with E-state index in [4.69, 9.17) is 0 Å². The van der Waals surface area contributed by atoms with Gasteiger partial charge in [-0.2, -0.15) is 0 Å². The molecule has 2 aliphatic rings. The summed E-state index contributed by atoms with van der Waals surface area (Å²) in [6.07, 6.45) is 2.87. The zero-order valence-electron chi connectivity index (χ0n) is 14.8. The van der Waals surface area contributed by atoms with E-state index in [-0.39, 0.29) is 0 Å². The van der Waals surface area contributed by atoms with E-state index in [1.807, 2.05) is 24.0 Å². The molecule has 1 aromatic carbocycles. The van der Waals surface area contributed by atoms with Crippen LogP contribution in [0.5, 0.6) is 0 Å². The summed E-state index contributed by atoms with van der Waals surface area (Å²) < 4.78 is 0. The number of rotatable bonds is 3. The van der Waals surface area contributed by atoms with Gasteiger partial charge in [-0.25, -0.2) is 4.98 Å². The van der Waals surface area contributed by atoms with E-state index in [0.717, 1.165) is 50.5 Å². The van der Waals surface area contributed by atoms with Crippen LogP contribution in [0.15, 0.2) is 42.5 Å². The number of hydrogen-bond acceptors (Lipinski definition) is 3. The molecule has 0 saturated carbocycles. The molecule has 0 bridgehead atoms. The number of carbonyl (C=O) groups is 1. The molecule has 4 nitrogen and oxygen atoms in total. The molecule has 4 heteroatoms. The van der Waals surface area contributed by atoms with Gasteiger partial charge in [-0.3, -0.25) is 4.79 Å². The minimum Gasteiger partial charge on any atom is -0.353 e. The van der Waals surface area contributed by atoms with Gasteiger partial charge in [0.15, 0.2) is 0 Å². The fourth-order valence-corrected chi connectivity index (χ4v) is 4.09. The van der Waals surface area contributed by atoms with Gasteiger partial charge in [-0.05, 0) is 48.9 Å². The van der Waals surface area contributed by atoms with Crippen molar-refractivity contribution in [2.45, 2.75) is 32.1 Å². The van der Waals surface area contributed by atoms with Crippen molar-refractivity contribution in [3.8, 4) is 0 Å². The molecule has 25 heavy (non-hydrogen) atoms. The lowest BCUT2D eigenvalue weighted by Crippen LogP contribution is -2.49. The standard InChI is InChI=1S/C21H25N3O/c1-16-5-4-8-20(22-16)23-11-13-24(14-12-23)21(25)15-18-10-9-17-6-2-3-7-19(17)18/h2-8,18H,9-15H2,1H3/t18-/m1/s1. The SMILES string of the molecule is Cc1cccc(N2CCN(C(=O)C[C@H]3CCc4ccccc43)CC2)n1. The first-order valence-corrected chi connectivity index (χ1v) is 9.25. The Balaban J connectivity index is 1.34. The lowest BCUT2D eigenvalue weighted by molar-refractivity contribution is -0.131.